The molecule has 0 bridgehead atoms. The predicted octanol–water partition coefficient (Wildman–Crippen LogP) is 16.3. The molecule has 0 N–H and O–H groups in total. The molecule has 0 radical (unpaired) electrons. The number of hydrogen-bond donors (Lipinski definition) is 0. The first-order valence-corrected chi connectivity index (χ1v) is 21.5. The Kier molecular flexibility index (Phi) is 8.47. The van der Waals surface area contributed by atoms with Gasteiger partial charge in [0.05, 0.1) is 5.41 Å². The van der Waals surface area contributed by atoms with Crippen LogP contribution in [-0.2, 0) is 5.41 Å². The van der Waals surface area contributed by atoms with Crippen LogP contribution in [0.1, 0.15) is 22.3 Å². The molecule has 1 aliphatic rings. The molecule has 1 heteroatoms. The lowest BCUT2D eigenvalue weighted by Crippen LogP contribution is -2.28. The molecular formula is C61H41N. The third-order valence-corrected chi connectivity index (χ3v) is 13.1. The lowest BCUT2D eigenvalue weighted by atomic mass is 9.67. The molecule has 1 aliphatic carbocycles. The van der Waals surface area contributed by atoms with Gasteiger partial charge >= 0.3 is 0 Å². The molecule has 0 saturated heterocycles. The van der Waals surface area contributed by atoms with Gasteiger partial charge in [-0.05, 0) is 136 Å². The van der Waals surface area contributed by atoms with Crippen molar-refractivity contribution in [2.24, 2.45) is 0 Å². The summed E-state index contributed by atoms with van der Waals surface area (Å²) in [5.41, 5.74) is 15.2. The number of anilines is 3. The summed E-state index contributed by atoms with van der Waals surface area (Å²) < 4.78 is 0. The molecule has 12 rings (SSSR count). The SMILES string of the molecule is c1ccc(C2(c3ccccc3)c3ccccc3-c3ccc(N(c4ccc(-c5cc6ccccc6c6ccccc56)cc4)c4cccc(-c5ccc6ccccc6c5)c4)cc32)cc1. The van der Waals surface area contributed by atoms with Crippen molar-refractivity contribution < 1.29 is 0 Å². The van der Waals surface area contributed by atoms with Crippen molar-refractivity contribution in [3.8, 4) is 33.4 Å². The molecule has 0 aromatic heterocycles. The van der Waals surface area contributed by atoms with Crippen LogP contribution in [0.4, 0.5) is 17.1 Å². The highest BCUT2D eigenvalue weighted by Gasteiger charge is 2.46. The fourth-order valence-corrected chi connectivity index (χ4v) is 10.3. The quantitative estimate of drug-likeness (QED) is 0.145. The van der Waals surface area contributed by atoms with E-state index in [9.17, 15) is 0 Å². The second-order valence-corrected chi connectivity index (χ2v) is 16.4. The van der Waals surface area contributed by atoms with Gasteiger partial charge in [0, 0.05) is 17.1 Å². The van der Waals surface area contributed by atoms with E-state index in [0.29, 0.717) is 0 Å². The molecule has 0 fully saturated rings. The molecule has 290 valence electrons. The van der Waals surface area contributed by atoms with E-state index >= 15 is 0 Å². The Morgan fingerprint density at radius 1 is 0.258 bits per heavy atom. The molecule has 0 unspecified atom stereocenters. The van der Waals surface area contributed by atoms with Gasteiger partial charge in [-0.3, -0.25) is 0 Å². The van der Waals surface area contributed by atoms with Crippen molar-refractivity contribution >= 4 is 49.4 Å². The zero-order valence-corrected chi connectivity index (χ0v) is 34.1. The van der Waals surface area contributed by atoms with E-state index in [0.717, 1.165) is 17.1 Å². The van der Waals surface area contributed by atoms with Crippen LogP contribution >= 0.6 is 0 Å². The van der Waals surface area contributed by atoms with Crippen molar-refractivity contribution in [3.05, 3.63) is 271 Å². The molecule has 0 atom stereocenters. The molecule has 0 aliphatic heterocycles. The number of nitrogens with zero attached hydrogens (tertiary/aromatic N) is 1. The van der Waals surface area contributed by atoms with Crippen molar-refractivity contribution in [1.29, 1.82) is 0 Å². The molecular weight excluding hydrogens is 747 g/mol. The van der Waals surface area contributed by atoms with Gasteiger partial charge in [-0.15, -0.1) is 0 Å². The van der Waals surface area contributed by atoms with Crippen LogP contribution in [0.3, 0.4) is 0 Å². The number of rotatable bonds is 7. The monoisotopic (exact) mass is 787 g/mol. The highest BCUT2D eigenvalue weighted by atomic mass is 15.1. The Labute approximate surface area is 362 Å². The maximum atomic E-state index is 2.46. The molecule has 0 saturated carbocycles. The summed E-state index contributed by atoms with van der Waals surface area (Å²) >= 11 is 0. The first-order valence-electron chi connectivity index (χ1n) is 21.5. The molecule has 0 amide bonds. The maximum Gasteiger partial charge on any atom is 0.0714 e. The van der Waals surface area contributed by atoms with Gasteiger partial charge in [0.15, 0.2) is 0 Å². The van der Waals surface area contributed by atoms with Gasteiger partial charge in [-0.2, -0.15) is 0 Å². The van der Waals surface area contributed by atoms with Crippen molar-refractivity contribution in [1.82, 2.24) is 0 Å². The molecule has 0 spiro atoms. The van der Waals surface area contributed by atoms with Crippen molar-refractivity contribution in [2.45, 2.75) is 5.41 Å². The van der Waals surface area contributed by atoms with E-state index in [2.05, 4.69) is 254 Å². The normalized spacial score (nSPS) is 12.6. The minimum absolute atomic E-state index is 0.510. The van der Waals surface area contributed by atoms with Gasteiger partial charge in [0.25, 0.3) is 0 Å². The van der Waals surface area contributed by atoms with Gasteiger partial charge in [0.2, 0.25) is 0 Å². The third kappa shape index (κ3) is 5.70. The van der Waals surface area contributed by atoms with E-state index in [1.54, 1.807) is 0 Å². The highest BCUT2D eigenvalue weighted by Crippen LogP contribution is 2.57. The van der Waals surface area contributed by atoms with Gasteiger partial charge < -0.3 is 4.90 Å². The molecule has 1 nitrogen and oxygen atoms in total. The van der Waals surface area contributed by atoms with E-state index in [-0.39, 0.29) is 0 Å². The van der Waals surface area contributed by atoms with Gasteiger partial charge in [-0.25, -0.2) is 0 Å². The van der Waals surface area contributed by atoms with Gasteiger partial charge in [-0.1, -0.05) is 200 Å². The lowest BCUT2D eigenvalue weighted by molar-refractivity contribution is 0.768. The first kappa shape index (κ1) is 35.9. The third-order valence-electron chi connectivity index (χ3n) is 13.1. The lowest BCUT2D eigenvalue weighted by Gasteiger charge is -2.35. The summed E-state index contributed by atoms with van der Waals surface area (Å²) in [7, 11) is 0. The van der Waals surface area contributed by atoms with Crippen LogP contribution in [0.15, 0.2) is 249 Å². The standard InChI is InChI=1S/C61H41N/c1-3-20-48(21-4-1)61(49-22-5-2-6-23-49)59-29-14-13-28-56(59)57-37-36-52(41-60(57)61)62(51-24-15-19-45(39-51)46-31-30-42-16-7-8-17-44(42)38-46)50-34-32-43(33-35-50)58-40-47-18-9-10-25-53(47)54-26-11-12-27-55(54)58/h1-41H. The molecule has 11 aromatic rings. The Bertz CT molecular complexity index is 3420. The average Bonchev–Trinajstić information content (AvgIpc) is 3.65. The van der Waals surface area contributed by atoms with Crippen LogP contribution in [0.2, 0.25) is 0 Å². The summed E-state index contributed by atoms with van der Waals surface area (Å²) in [6.45, 7) is 0. The Balaban J connectivity index is 1.07. The van der Waals surface area contributed by atoms with Crippen molar-refractivity contribution in [3.63, 3.8) is 0 Å². The van der Waals surface area contributed by atoms with Crippen LogP contribution in [0.5, 0.6) is 0 Å². The van der Waals surface area contributed by atoms with E-state index in [1.165, 1.54) is 88.0 Å². The second-order valence-electron chi connectivity index (χ2n) is 16.4. The Hall–Kier alpha value is -8.00. The topological polar surface area (TPSA) is 3.24 Å². The zero-order chi connectivity index (χ0) is 41.0. The highest BCUT2D eigenvalue weighted by molar-refractivity contribution is 6.13. The maximum absolute atomic E-state index is 2.46. The zero-order valence-electron chi connectivity index (χ0n) is 34.1. The summed E-state index contributed by atoms with van der Waals surface area (Å²) in [5, 5.41) is 7.54. The number of fused-ring (bicyclic) bond motifs is 7. The Morgan fingerprint density at radius 3 is 1.60 bits per heavy atom. The Morgan fingerprint density at radius 2 is 0.823 bits per heavy atom. The van der Waals surface area contributed by atoms with Crippen LogP contribution in [-0.4, -0.2) is 0 Å². The predicted molar refractivity (Wildman–Crippen MR) is 262 cm³/mol. The first-order chi connectivity index (χ1) is 30.7. The van der Waals surface area contributed by atoms with Gasteiger partial charge in [0.1, 0.15) is 0 Å². The van der Waals surface area contributed by atoms with Crippen molar-refractivity contribution in [2.75, 3.05) is 4.90 Å². The second kappa shape index (κ2) is 14.6. The number of hydrogen-bond acceptors (Lipinski definition) is 1. The van der Waals surface area contributed by atoms with Crippen LogP contribution < -0.4 is 4.90 Å². The largest absolute Gasteiger partial charge is 0.310 e. The average molecular weight is 788 g/mol. The van der Waals surface area contributed by atoms with E-state index < -0.39 is 5.41 Å². The molecule has 0 heterocycles. The minimum Gasteiger partial charge on any atom is -0.310 e. The summed E-state index contributed by atoms with van der Waals surface area (Å²) in [5.74, 6) is 0. The molecule has 11 aromatic carbocycles. The van der Waals surface area contributed by atoms with E-state index in [1.807, 2.05) is 0 Å². The fourth-order valence-electron chi connectivity index (χ4n) is 10.3. The minimum atomic E-state index is -0.510. The smallest absolute Gasteiger partial charge is 0.0714 e. The summed E-state index contributed by atoms with van der Waals surface area (Å²) in [6.07, 6.45) is 0. The van der Waals surface area contributed by atoms with Crippen LogP contribution in [0, 0.1) is 0 Å². The number of benzene rings is 11. The van der Waals surface area contributed by atoms with Crippen LogP contribution in [0.25, 0.3) is 65.7 Å². The fraction of sp³-hybridized carbons (Fsp3) is 0.0164. The summed E-state index contributed by atoms with van der Waals surface area (Å²) in [4.78, 5) is 2.44. The molecule has 62 heavy (non-hydrogen) atoms. The van der Waals surface area contributed by atoms with E-state index in [4.69, 9.17) is 0 Å². The summed E-state index contributed by atoms with van der Waals surface area (Å²) in [6, 6.07) is 91.7.